The van der Waals surface area contributed by atoms with Gasteiger partial charge in [-0.3, -0.25) is 14.3 Å². The van der Waals surface area contributed by atoms with E-state index in [4.69, 9.17) is 16.2 Å². The number of benzene rings is 2. The number of carbonyl (C=O) groups excluding carboxylic acids is 1. The molecule has 0 bridgehead atoms. The summed E-state index contributed by atoms with van der Waals surface area (Å²) in [5.41, 5.74) is 1.57. The molecule has 1 aliphatic rings. The van der Waals surface area contributed by atoms with Crippen LogP contribution in [0.2, 0.25) is 5.02 Å². The number of aryl methyl sites for hydroxylation is 1. The van der Waals surface area contributed by atoms with Crippen LogP contribution in [-0.4, -0.2) is 57.2 Å². The highest BCUT2D eigenvalue weighted by Gasteiger charge is 2.21. The molecule has 0 saturated carbocycles. The quantitative estimate of drug-likeness (QED) is 0.252. The van der Waals surface area contributed by atoms with E-state index in [1.165, 1.54) is 12.1 Å². The maximum absolute atomic E-state index is 15.2. The maximum Gasteiger partial charge on any atom is 0.231 e. The summed E-state index contributed by atoms with van der Waals surface area (Å²) in [5, 5.41) is 3.31. The summed E-state index contributed by atoms with van der Waals surface area (Å²) < 4.78 is 37.0. The number of nitrogens with zero attached hydrogens (tertiary/aromatic N) is 3. The molecule has 1 aliphatic heterocycles. The van der Waals surface area contributed by atoms with Crippen molar-refractivity contribution in [3.8, 4) is 0 Å². The number of nitrogens with one attached hydrogen (secondary N) is 2. The molecule has 4 rings (SSSR count). The monoisotopic (exact) mass is 491 g/mol. The first-order valence-corrected chi connectivity index (χ1v) is 12.0. The lowest BCUT2D eigenvalue weighted by Gasteiger charge is -2.28. The number of carbonyl (C=O) groups is 1. The van der Waals surface area contributed by atoms with Crippen LogP contribution in [0.15, 0.2) is 36.5 Å². The number of piperazine rings is 1. The molecule has 0 radical (unpaired) electrons. The van der Waals surface area contributed by atoms with E-state index in [1.54, 1.807) is 24.4 Å². The van der Waals surface area contributed by atoms with Gasteiger partial charge >= 0.3 is 0 Å². The Labute approximate surface area is 198 Å². The van der Waals surface area contributed by atoms with Gasteiger partial charge < -0.3 is 10.2 Å². The number of ketones is 1. The van der Waals surface area contributed by atoms with E-state index in [9.17, 15) is 9.00 Å². The Kier molecular flexibility index (Phi) is 7.61. The van der Waals surface area contributed by atoms with Crippen molar-refractivity contribution in [2.45, 2.75) is 12.8 Å². The molecule has 0 amide bonds. The summed E-state index contributed by atoms with van der Waals surface area (Å²) in [4.78, 5) is 24.5. The number of anilines is 1. The van der Waals surface area contributed by atoms with Crippen molar-refractivity contribution < 1.29 is 17.9 Å². The van der Waals surface area contributed by atoms with E-state index in [2.05, 4.69) is 24.9 Å². The highest BCUT2D eigenvalue weighted by atomic mass is 35.5. The lowest BCUT2D eigenvalue weighted by atomic mass is 9.98. The molecule has 0 aliphatic carbocycles. The van der Waals surface area contributed by atoms with E-state index in [1.807, 2.05) is 0 Å². The first-order valence-electron chi connectivity index (χ1n) is 10.5. The van der Waals surface area contributed by atoms with Crippen LogP contribution in [0.1, 0.15) is 27.9 Å². The Morgan fingerprint density at radius 3 is 2.79 bits per heavy atom. The summed E-state index contributed by atoms with van der Waals surface area (Å²) in [6, 6.07) is 7.91. The summed E-state index contributed by atoms with van der Waals surface area (Å²) in [7, 11) is 0. The van der Waals surface area contributed by atoms with Crippen molar-refractivity contribution in [1.29, 1.82) is 0 Å². The van der Waals surface area contributed by atoms with Gasteiger partial charge in [0.25, 0.3) is 0 Å². The Bertz CT molecular complexity index is 1210. The minimum absolute atomic E-state index is 0.0246. The van der Waals surface area contributed by atoms with Crippen LogP contribution < -0.4 is 14.9 Å². The standard InChI is InChI=1S/C22H23ClFN5O3S/c23-16-5-3-14(2-1-7-27-33(31)32)21(24)20(16)22(30)15-4-6-17-18(12-15)28-19(13-26-17)29-10-8-25-9-11-29/h3-6,12-13,25,27H,1-2,7-11H2,(H,31,32). The van der Waals surface area contributed by atoms with Crippen molar-refractivity contribution >= 4 is 45.5 Å². The topological polar surface area (TPSA) is 107 Å². The Hall–Kier alpha value is -2.50. The number of hydrogen-bond acceptors (Lipinski definition) is 6. The van der Waals surface area contributed by atoms with Crippen molar-refractivity contribution in [3.05, 3.63) is 64.1 Å². The van der Waals surface area contributed by atoms with Gasteiger partial charge in [-0.2, -0.15) is 0 Å². The molecule has 8 nitrogen and oxygen atoms in total. The summed E-state index contributed by atoms with van der Waals surface area (Å²) in [6.45, 7) is 3.58. The number of rotatable bonds is 8. The van der Waals surface area contributed by atoms with Gasteiger partial charge in [-0.1, -0.05) is 17.7 Å². The Balaban J connectivity index is 1.60. The number of hydrogen-bond donors (Lipinski definition) is 3. The fraction of sp³-hybridized carbons (Fsp3) is 0.318. The zero-order chi connectivity index (χ0) is 23.4. The third kappa shape index (κ3) is 5.53. The molecule has 174 valence electrons. The molecule has 1 fully saturated rings. The third-order valence-electron chi connectivity index (χ3n) is 5.48. The normalized spacial score (nSPS) is 15.1. The maximum atomic E-state index is 15.2. The molecule has 1 unspecified atom stereocenters. The predicted octanol–water partition coefficient (Wildman–Crippen LogP) is 2.72. The Morgan fingerprint density at radius 2 is 2.03 bits per heavy atom. The van der Waals surface area contributed by atoms with Crippen LogP contribution in [0, 0.1) is 5.82 Å². The highest BCUT2D eigenvalue weighted by molar-refractivity contribution is 7.77. The average Bonchev–Trinajstić information content (AvgIpc) is 2.82. The largest absolute Gasteiger partial charge is 0.353 e. The molecule has 0 spiro atoms. The van der Waals surface area contributed by atoms with Crippen molar-refractivity contribution in [1.82, 2.24) is 20.0 Å². The molecule has 1 saturated heterocycles. The molecule has 11 heteroatoms. The SMILES string of the molecule is O=C(c1ccc2ncc(N3CCNCC3)nc2c1)c1c(Cl)ccc(CCCNS(=O)O)c1F. The first kappa shape index (κ1) is 23.7. The van der Waals surface area contributed by atoms with Gasteiger partial charge in [0.2, 0.25) is 11.3 Å². The number of fused-ring (bicyclic) bond motifs is 1. The molecule has 2 aromatic carbocycles. The van der Waals surface area contributed by atoms with E-state index in [0.717, 1.165) is 32.0 Å². The lowest BCUT2D eigenvalue weighted by Crippen LogP contribution is -2.43. The fourth-order valence-corrected chi connectivity index (χ4v) is 4.32. The molecule has 33 heavy (non-hydrogen) atoms. The predicted molar refractivity (Wildman–Crippen MR) is 127 cm³/mol. The number of halogens is 2. The van der Waals surface area contributed by atoms with Crippen LogP contribution in [0.3, 0.4) is 0 Å². The van der Waals surface area contributed by atoms with E-state index in [-0.39, 0.29) is 29.1 Å². The van der Waals surface area contributed by atoms with Gasteiger partial charge in [-0.15, -0.1) is 0 Å². The zero-order valence-electron chi connectivity index (χ0n) is 17.7. The zero-order valence-corrected chi connectivity index (χ0v) is 19.3. The van der Waals surface area contributed by atoms with Gasteiger partial charge in [-0.25, -0.2) is 18.3 Å². The van der Waals surface area contributed by atoms with Crippen LogP contribution in [0.5, 0.6) is 0 Å². The second-order valence-corrected chi connectivity index (χ2v) is 8.83. The van der Waals surface area contributed by atoms with E-state index < -0.39 is 22.9 Å². The van der Waals surface area contributed by atoms with Gasteiger partial charge in [-0.05, 0) is 42.7 Å². The second-order valence-electron chi connectivity index (χ2n) is 7.64. The Morgan fingerprint density at radius 1 is 1.24 bits per heavy atom. The number of aromatic nitrogens is 2. The summed E-state index contributed by atoms with van der Waals surface area (Å²) >= 11 is 4.09. The summed E-state index contributed by atoms with van der Waals surface area (Å²) in [6.07, 6.45) is 2.42. The summed E-state index contributed by atoms with van der Waals surface area (Å²) in [5.74, 6) is -0.485. The second kappa shape index (κ2) is 10.6. The smallest absolute Gasteiger partial charge is 0.231 e. The van der Waals surface area contributed by atoms with Gasteiger partial charge in [0.1, 0.15) is 11.6 Å². The molecular formula is C22H23ClFN5O3S. The van der Waals surface area contributed by atoms with Crippen LogP contribution in [-0.2, 0) is 17.7 Å². The van der Waals surface area contributed by atoms with Crippen molar-refractivity contribution in [2.24, 2.45) is 0 Å². The minimum Gasteiger partial charge on any atom is -0.353 e. The van der Waals surface area contributed by atoms with Crippen molar-refractivity contribution in [2.75, 3.05) is 37.6 Å². The third-order valence-corrected chi connectivity index (χ3v) is 6.25. The molecule has 3 aromatic rings. The van der Waals surface area contributed by atoms with E-state index in [0.29, 0.717) is 23.0 Å². The fourth-order valence-electron chi connectivity index (χ4n) is 3.77. The van der Waals surface area contributed by atoms with Crippen LogP contribution in [0.4, 0.5) is 10.2 Å². The van der Waals surface area contributed by atoms with Gasteiger partial charge in [0.05, 0.1) is 27.8 Å². The molecule has 2 heterocycles. The van der Waals surface area contributed by atoms with Crippen molar-refractivity contribution in [3.63, 3.8) is 0 Å². The first-order chi connectivity index (χ1) is 15.9. The lowest BCUT2D eigenvalue weighted by molar-refractivity contribution is 0.103. The average molecular weight is 492 g/mol. The van der Waals surface area contributed by atoms with Gasteiger partial charge in [0.15, 0.2) is 5.78 Å². The van der Waals surface area contributed by atoms with E-state index >= 15 is 4.39 Å². The molecule has 3 N–H and O–H groups in total. The van der Waals surface area contributed by atoms with Gasteiger partial charge in [0, 0.05) is 38.3 Å². The minimum atomic E-state index is -2.12. The highest BCUT2D eigenvalue weighted by Crippen LogP contribution is 2.27. The van der Waals surface area contributed by atoms with Crippen LogP contribution in [0.25, 0.3) is 11.0 Å². The molecule has 1 aromatic heterocycles. The molecule has 1 atom stereocenters. The van der Waals surface area contributed by atoms with Crippen LogP contribution >= 0.6 is 11.6 Å². The molecular weight excluding hydrogens is 469 g/mol.